The van der Waals surface area contributed by atoms with Gasteiger partial charge in [-0.1, -0.05) is 20.8 Å². The second kappa shape index (κ2) is 9.04. The van der Waals surface area contributed by atoms with Crippen molar-refractivity contribution in [1.29, 1.82) is 0 Å². The third kappa shape index (κ3) is 6.68. The fourth-order valence-electron chi connectivity index (χ4n) is 1.98. The van der Waals surface area contributed by atoms with Crippen LogP contribution in [0.15, 0.2) is 6.33 Å². The first kappa shape index (κ1) is 16.1. The van der Waals surface area contributed by atoms with Crippen molar-refractivity contribution in [3.05, 3.63) is 12.2 Å². The first-order valence-electron chi connectivity index (χ1n) is 7.19. The molecule has 5 nitrogen and oxygen atoms in total. The Labute approximate surface area is 116 Å². The normalized spacial score (nSPS) is 13.1. The van der Waals surface area contributed by atoms with Crippen molar-refractivity contribution in [1.82, 2.24) is 20.1 Å². The van der Waals surface area contributed by atoms with Gasteiger partial charge in [0.2, 0.25) is 0 Å². The van der Waals surface area contributed by atoms with Crippen LogP contribution in [-0.4, -0.2) is 41.6 Å². The van der Waals surface area contributed by atoms with E-state index in [9.17, 15) is 0 Å². The summed E-state index contributed by atoms with van der Waals surface area (Å²) in [5.41, 5.74) is 0. The van der Waals surface area contributed by atoms with Crippen LogP contribution in [-0.2, 0) is 17.7 Å². The zero-order valence-corrected chi connectivity index (χ0v) is 12.7. The molecule has 1 atom stereocenters. The van der Waals surface area contributed by atoms with Crippen LogP contribution in [0.3, 0.4) is 0 Å². The molecule has 1 N–H and O–H groups in total. The topological polar surface area (TPSA) is 52.0 Å². The van der Waals surface area contributed by atoms with Crippen molar-refractivity contribution in [2.75, 3.05) is 26.8 Å². The number of nitrogens with zero attached hydrogens (tertiary/aromatic N) is 3. The Hall–Kier alpha value is -0.940. The highest BCUT2D eigenvalue weighted by atomic mass is 16.5. The Kier molecular flexibility index (Phi) is 7.67. The van der Waals surface area contributed by atoms with Gasteiger partial charge in [-0.15, -0.1) is 0 Å². The Morgan fingerprint density at radius 3 is 2.84 bits per heavy atom. The van der Waals surface area contributed by atoms with E-state index in [0.29, 0.717) is 11.8 Å². The summed E-state index contributed by atoms with van der Waals surface area (Å²) in [7, 11) is 1.73. The van der Waals surface area contributed by atoms with Crippen molar-refractivity contribution in [3.63, 3.8) is 0 Å². The van der Waals surface area contributed by atoms with Gasteiger partial charge in [-0.25, -0.2) is 9.67 Å². The number of aromatic nitrogens is 3. The molecule has 1 heterocycles. The molecule has 0 fully saturated rings. The summed E-state index contributed by atoms with van der Waals surface area (Å²) >= 11 is 0. The van der Waals surface area contributed by atoms with Crippen molar-refractivity contribution in [3.8, 4) is 0 Å². The molecule has 0 saturated heterocycles. The van der Waals surface area contributed by atoms with Crippen molar-refractivity contribution in [2.45, 2.75) is 40.2 Å². The van der Waals surface area contributed by atoms with Crippen LogP contribution in [0.1, 0.15) is 33.0 Å². The smallest absolute Gasteiger partial charge is 0.138 e. The predicted octanol–water partition coefficient (Wildman–Crippen LogP) is 1.74. The van der Waals surface area contributed by atoms with E-state index in [4.69, 9.17) is 4.74 Å². The van der Waals surface area contributed by atoms with Crippen LogP contribution in [0.4, 0.5) is 0 Å². The molecular formula is C14H28N4O. The molecule has 0 spiro atoms. The van der Waals surface area contributed by atoms with Gasteiger partial charge >= 0.3 is 0 Å². The first-order chi connectivity index (χ1) is 9.13. The maximum Gasteiger partial charge on any atom is 0.138 e. The molecule has 0 aliphatic carbocycles. The number of hydrogen-bond donors (Lipinski definition) is 1. The monoisotopic (exact) mass is 268 g/mol. The van der Waals surface area contributed by atoms with Crippen molar-refractivity contribution in [2.24, 2.45) is 11.8 Å². The minimum absolute atomic E-state index is 0.605. The molecule has 19 heavy (non-hydrogen) atoms. The zero-order valence-electron chi connectivity index (χ0n) is 12.7. The molecule has 1 rings (SSSR count). The highest BCUT2D eigenvalue weighted by Gasteiger charge is 2.08. The van der Waals surface area contributed by atoms with Crippen LogP contribution < -0.4 is 5.32 Å². The van der Waals surface area contributed by atoms with Gasteiger partial charge in [-0.05, 0) is 24.8 Å². The highest BCUT2D eigenvalue weighted by molar-refractivity contribution is 4.85. The molecule has 1 aromatic rings. The largest absolute Gasteiger partial charge is 0.383 e. The highest BCUT2D eigenvalue weighted by Crippen LogP contribution is 2.08. The Bertz CT molecular complexity index is 338. The lowest BCUT2D eigenvalue weighted by molar-refractivity contribution is 0.198. The fraction of sp³-hybridized carbons (Fsp3) is 0.857. The van der Waals surface area contributed by atoms with E-state index in [1.807, 2.05) is 4.68 Å². The van der Waals surface area contributed by atoms with E-state index in [1.165, 1.54) is 0 Å². The molecule has 0 aromatic carbocycles. The average molecular weight is 268 g/mol. The van der Waals surface area contributed by atoms with Gasteiger partial charge < -0.3 is 10.1 Å². The van der Waals surface area contributed by atoms with Crippen molar-refractivity contribution >= 4 is 0 Å². The number of rotatable bonds is 10. The SMILES string of the molecule is COCCNCC(C)CCc1ncnn1CC(C)C. The molecule has 0 bridgehead atoms. The van der Waals surface area contributed by atoms with Crippen LogP contribution in [0.5, 0.6) is 0 Å². The van der Waals surface area contributed by atoms with Gasteiger partial charge in [-0.3, -0.25) is 0 Å². The minimum Gasteiger partial charge on any atom is -0.383 e. The van der Waals surface area contributed by atoms with E-state index in [-0.39, 0.29) is 0 Å². The Morgan fingerprint density at radius 2 is 2.16 bits per heavy atom. The molecule has 0 amide bonds. The Morgan fingerprint density at radius 1 is 1.37 bits per heavy atom. The number of aryl methyl sites for hydroxylation is 1. The van der Waals surface area contributed by atoms with E-state index >= 15 is 0 Å². The van der Waals surface area contributed by atoms with E-state index in [0.717, 1.165) is 44.9 Å². The third-order valence-electron chi connectivity index (χ3n) is 3.07. The number of methoxy groups -OCH3 is 1. The predicted molar refractivity (Wildman–Crippen MR) is 77.1 cm³/mol. The summed E-state index contributed by atoms with van der Waals surface area (Å²) in [5, 5.41) is 7.69. The molecule has 1 unspecified atom stereocenters. The summed E-state index contributed by atoms with van der Waals surface area (Å²) in [6, 6.07) is 0. The number of hydrogen-bond acceptors (Lipinski definition) is 4. The van der Waals surface area contributed by atoms with Crippen LogP contribution in [0, 0.1) is 11.8 Å². The number of nitrogens with one attached hydrogen (secondary N) is 1. The summed E-state index contributed by atoms with van der Waals surface area (Å²) < 4.78 is 7.05. The number of ether oxygens (including phenoxy) is 1. The standard InChI is InChI=1S/C14H28N4O/c1-12(2)10-18-14(16-11-17-18)6-5-13(3)9-15-7-8-19-4/h11-13,15H,5-10H2,1-4H3. The quantitative estimate of drug-likeness (QED) is 0.657. The summed E-state index contributed by atoms with van der Waals surface area (Å²) in [6.07, 6.45) is 3.80. The molecule has 0 aliphatic rings. The lowest BCUT2D eigenvalue weighted by Gasteiger charge is -2.13. The summed E-state index contributed by atoms with van der Waals surface area (Å²) in [5.74, 6) is 2.35. The van der Waals surface area contributed by atoms with Gasteiger partial charge in [0.15, 0.2) is 0 Å². The second-order valence-corrected chi connectivity index (χ2v) is 5.59. The van der Waals surface area contributed by atoms with Gasteiger partial charge in [-0.2, -0.15) is 5.10 Å². The second-order valence-electron chi connectivity index (χ2n) is 5.59. The lowest BCUT2D eigenvalue weighted by Crippen LogP contribution is -2.25. The lowest BCUT2D eigenvalue weighted by atomic mass is 10.1. The molecule has 5 heteroatoms. The van der Waals surface area contributed by atoms with E-state index < -0.39 is 0 Å². The van der Waals surface area contributed by atoms with Gasteiger partial charge in [0.05, 0.1) is 6.61 Å². The van der Waals surface area contributed by atoms with Gasteiger partial charge in [0, 0.05) is 26.6 Å². The maximum absolute atomic E-state index is 5.01. The third-order valence-corrected chi connectivity index (χ3v) is 3.07. The zero-order chi connectivity index (χ0) is 14.1. The average Bonchev–Trinajstić information content (AvgIpc) is 2.78. The first-order valence-corrected chi connectivity index (χ1v) is 7.19. The van der Waals surface area contributed by atoms with Crippen LogP contribution >= 0.6 is 0 Å². The summed E-state index contributed by atoms with van der Waals surface area (Å²) in [4.78, 5) is 4.36. The van der Waals surface area contributed by atoms with Gasteiger partial charge in [0.25, 0.3) is 0 Å². The molecule has 110 valence electrons. The maximum atomic E-state index is 5.01. The minimum atomic E-state index is 0.605. The molecule has 0 saturated carbocycles. The Balaban J connectivity index is 2.26. The van der Waals surface area contributed by atoms with Crippen LogP contribution in [0.25, 0.3) is 0 Å². The van der Waals surface area contributed by atoms with Crippen LogP contribution in [0.2, 0.25) is 0 Å². The van der Waals surface area contributed by atoms with Crippen molar-refractivity contribution < 1.29 is 4.74 Å². The van der Waals surface area contributed by atoms with E-state index in [1.54, 1.807) is 13.4 Å². The van der Waals surface area contributed by atoms with Gasteiger partial charge in [0.1, 0.15) is 12.2 Å². The molecular weight excluding hydrogens is 240 g/mol. The molecule has 0 aliphatic heterocycles. The molecule has 0 radical (unpaired) electrons. The summed E-state index contributed by atoms with van der Waals surface area (Å²) in [6.45, 7) is 10.3. The molecule has 1 aromatic heterocycles. The fourth-order valence-corrected chi connectivity index (χ4v) is 1.98. The van der Waals surface area contributed by atoms with E-state index in [2.05, 4.69) is 36.2 Å².